The summed E-state index contributed by atoms with van der Waals surface area (Å²) >= 11 is 1.02. The zero-order valence-corrected chi connectivity index (χ0v) is 21.8. The van der Waals surface area contributed by atoms with Gasteiger partial charge in [-0.15, -0.1) is 0 Å². The number of hydrogen-bond acceptors (Lipinski definition) is 3. The third-order valence-electron chi connectivity index (χ3n) is 4.66. The number of rotatable bonds is 3. The Labute approximate surface area is 135 Å². The molecule has 4 atom stereocenters. The maximum absolute atomic E-state index is 12.6. The molecule has 1 aromatic carbocycles. The Balaban J connectivity index is 0.00000161. The van der Waals surface area contributed by atoms with Crippen molar-refractivity contribution in [3.63, 3.8) is 0 Å². The zero-order chi connectivity index (χ0) is 14.3. The van der Waals surface area contributed by atoms with E-state index in [4.69, 9.17) is 7.51 Å². The molecule has 1 amide bonds. The van der Waals surface area contributed by atoms with Crippen LogP contribution in [0.2, 0.25) is 0 Å². The second-order valence-electron chi connectivity index (χ2n) is 5.56. The van der Waals surface area contributed by atoms with Gasteiger partial charge in [0.1, 0.15) is 0 Å². The summed E-state index contributed by atoms with van der Waals surface area (Å²) in [5.41, 5.74) is 0.583. The molecule has 6 heteroatoms. The molecular weight excluding hydrogens is 718 g/mol. The van der Waals surface area contributed by atoms with E-state index in [1.807, 2.05) is 42.2 Å². The van der Waals surface area contributed by atoms with E-state index >= 15 is 0 Å². The van der Waals surface area contributed by atoms with Gasteiger partial charge in [0.25, 0.3) is 0 Å². The van der Waals surface area contributed by atoms with Crippen LogP contribution in [-0.2, 0) is 12.3 Å². The smallest absolute Gasteiger partial charge is 0 e. The molecular formula is C15H17NO3PoRf-. The molecule has 2 aliphatic heterocycles. The van der Waals surface area contributed by atoms with E-state index in [9.17, 15) is 4.79 Å². The first kappa shape index (κ1) is 15.9. The van der Waals surface area contributed by atoms with E-state index in [0.29, 0.717) is 6.61 Å². The van der Waals surface area contributed by atoms with E-state index in [1.54, 1.807) is 6.61 Å². The second kappa shape index (κ2) is 5.71. The number of fused-ring (bicyclic) bond motifs is 1. The summed E-state index contributed by atoms with van der Waals surface area (Å²) in [6, 6.07) is 9.90. The summed E-state index contributed by atoms with van der Waals surface area (Å²) in [7, 11) is 0. The topological polar surface area (TPSA) is 38.8 Å². The van der Waals surface area contributed by atoms with Crippen molar-refractivity contribution in [1.82, 2.24) is 4.90 Å². The standard InChI is InChI=1S/C15H17NO3.Po.Rf/c1-10-11(2)15(8-17)9-19-14(16(15)13(10)18)12-6-4-3-5-7-12;;/h3-8,10-11,14H,9H2,1-2H3;;/q-2;+1;/t10?,11?,14?,15-;;/m0../s1. The van der Waals surface area contributed by atoms with Crippen LogP contribution < -0.4 is 0 Å². The monoisotopic (exact) mass is 735 g/mol. The summed E-state index contributed by atoms with van der Waals surface area (Å²) in [5.74, 6) is 0.321. The fourth-order valence-electron chi connectivity index (χ4n) is 3.26. The van der Waals surface area contributed by atoms with Crippen molar-refractivity contribution in [1.29, 1.82) is 0 Å². The summed E-state index contributed by atoms with van der Waals surface area (Å²) < 4.78 is 11.3. The molecule has 0 aromatic heterocycles. The van der Waals surface area contributed by atoms with Crippen LogP contribution in [0.3, 0.4) is 0 Å². The van der Waals surface area contributed by atoms with Crippen LogP contribution in [0.1, 0.15) is 25.6 Å². The summed E-state index contributed by atoms with van der Waals surface area (Å²) in [4.78, 5) is 14.5. The van der Waals surface area contributed by atoms with Crippen LogP contribution in [0.15, 0.2) is 30.3 Å². The van der Waals surface area contributed by atoms with Crippen molar-refractivity contribution < 1.29 is 12.3 Å². The van der Waals surface area contributed by atoms with Gasteiger partial charge in [-0.3, -0.25) is 0 Å². The number of ether oxygens (including phenoxy) is 1. The molecule has 0 bridgehead atoms. The molecule has 0 N–H and O–H groups in total. The van der Waals surface area contributed by atoms with E-state index in [0.717, 1.165) is 31.1 Å². The van der Waals surface area contributed by atoms with E-state index in [1.165, 1.54) is 0 Å². The van der Waals surface area contributed by atoms with Crippen LogP contribution in [0, 0.1) is 18.4 Å². The molecule has 1 aromatic rings. The average molecular weight is 735 g/mol. The van der Waals surface area contributed by atoms with Crippen molar-refractivity contribution in [3.05, 3.63) is 42.5 Å². The molecule has 2 fully saturated rings. The van der Waals surface area contributed by atoms with Crippen molar-refractivity contribution in [2.24, 2.45) is 11.8 Å². The van der Waals surface area contributed by atoms with E-state index in [2.05, 4.69) is 6.92 Å². The molecule has 3 unspecified atom stereocenters. The van der Waals surface area contributed by atoms with Gasteiger partial charge in [-0.1, -0.05) is 0 Å². The third-order valence-corrected chi connectivity index (χ3v) is 5.03. The first-order valence-electron chi connectivity index (χ1n) is 6.74. The number of carbonyl (C=O) groups is 1. The number of nitrogens with zero attached hydrogens (tertiary/aromatic N) is 1. The first-order valence-corrected chi connectivity index (χ1v) is 8.04. The number of amides is 1. The van der Waals surface area contributed by atoms with Crippen molar-refractivity contribution in [2.75, 3.05) is 6.61 Å². The molecule has 0 aliphatic carbocycles. The van der Waals surface area contributed by atoms with Crippen molar-refractivity contribution in [3.8, 4) is 0 Å². The van der Waals surface area contributed by atoms with E-state index in [-0.39, 0.29) is 24.0 Å². The Morgan fingerprint density at radius 2 is 2.05 bits per heavy atom. The Morgan fingerprint density at radius 3 is 2.67 bits per heavy atom. The minimum atomic E-state index is -0.432. The molecule has 0 spiro atoms. The van der Waals surface area contributed by atoms with Crippen LogP contribution >= 0.6 is 0 Å². The van der Waals surface area contributed by atoms with Gasteiger partial charge >= 0.3 is 135 Å². The molecule has 2 aliphatic rings. The predicted octanol–water partition coefficient (Wildman–Crippen LogP) is 1.83. The molecule has 0 saturated carbocycles. The maximum atomic E-state index is 12.6. The summed E-state index contributed by atoms with van der Waals surface area (Å²) in [5, 5.41) is 0. The third kappa shape index (κ3) is 2.14. The maximum Gasteiger partial charge on any atom is 0 e. The molecule has 21 heavy (non-hydrogen) atoms. The summed E-state index contributed by atoms with van der Waals surface area (Å²) in [6.45, 7) is 6.39. The number of hydrogen-bond donors (Lipinski definition) is 0. The van der Waals surface area contributed by atoms with Gasteiger partial charge in [0.05, 0.1) is 0 Å². The van der Waals surface area contributed by atoms with E-state index < -0.39 is 5.54 Å². The summed E-state index contributed by atoms with van der Waals surface area (Å²) in [6.07, 6.45) is -0.308. The van der Waals surface area contributed by atoms with Crippen LogP contribution in [0.4, 0.5) is 0 Å². The molecule has 3 rings (SSSR count). The SMILES string of the molecule is CC1C(=O)N2C(c3ccccc3)OC[C@@]2([CH-][O][Po])C1C.[Rf]. The zero-order valence-electron chi connectivity index (χ0n) is 12.2. The fraction of sp³-hybridized carbons (Fsp3) is 0.467. The van der Waals surface area contributed by atoms with Gasteiger partial charge in [0, 0.05) is 0 Å². The average Bonchev–Trinajstić information content (AvgIpc) is 2.93. The molecule has 109 valence electrons. The van der Waals surface area contributed by atoms with Gasteiger partial charge in [-0.2, -0.15) is 0 Å². The normalized spacial score (nSPS) is 34.7. The Morgan fingerprint density at radius 1 is 1.38 bits per heavy atom. The largest absolute Gasteiger partial charge is 0 e. The van der Waals surface area contributed by atoms with Gasteiger partial charge in [0.15, 0.2) is 0 Å². The minimum absolute atomic E-state index is 0. The second-order valence-corrected chi connectivity index (χ2v) is 6.31. The molecule has 4 nitrogen and oxygen atoms in total. The van der Waals surface area contributed by atoms with Crippen LogP contribution in [0.25, 0.3) is 0 Å². The van der Waals surface area contributed by atoms with Crippen molar-refractivity contribution in [2.45, 2.75) is 25.6 Å². The fourth-order valence-corrected chi connectivity index (χ4v) is 3.90. The Hall–Kier alpha value is -1.49. The van der Waals surface area contributed by atoms with Gasteiger partial charge in [-0.25, -0.2) is 0 Å². The molecule has 1 radical (unpaired) electrons. The van der Waals surface area contributed by atoms with Gasteiger partial charge in [0.2, 0.25) is 0 Å². The minimum Gasteiger partial charge on any atom is 0 e. The first-order chi connectivity index (χ1) is 9.62. The Kier molecular flexibility index (Phi) is 4.32. The van der Waals surface area contributed by atoms with Gasteiger partial charge < -0.3 is 0 Å². The molecule has 2 saturated heterocycles. The van der Waals surface area contributed by atoms with Crippen LogP contribution in [0.5, 0.6) is 0 Å². The number of benzene rings is 1. The molecule has 2 heterocycles. The van der Waals surface area contributed by atoms with Crippen molar-refractivity contribution >= 4 is 31.4 Å². The Bertz CT molecular complexity index is 515. The predicted molar refractivity (Wildman–Crippen MR) is 74.2 cm³/mol. The number of carbonyl (C=O) groups excluding carboxylic acids is 1. The quantitative estimate of drug-likeness (QED) is 0.446. The van der Waals surface area contributed by atoms with Crippen LogP contribution in [-0.4, -0.2) is 48.5 Å². The van der Waals surface area contributed by atoms with Gasteiger partial charge in [-0.05, 0) is 0 Å².